The molecule has 138 valence electrons. The summed E-state index contributed by atoms with van der Waals surface area (Å²) in [7, 11) is 0. The largest absolute Gasteiger partial charge is 0.338 e. The summed E-state index contributed by atoms with van der Waals surface area (Å²) >= 11 is 0. The molecule has 1 saturated heterocycles. The molecule has 1 atom stereocenters. The molecule has 0 aliphatic carbocycles. The van der Waals surface area contributed by atoms with E-state index in [0.29, 0.717) is 12.1 Å². The minimum Gasteiger partial charge on any atom is -0.338 e. The molecule has 1 unspecified atom stereocenters. The highest BCUT2D eigenvalue weighted by Gasteiger charge is 2.27. The molecule has 2 aromatic rings. The Morgan fingerprint density at radius 3 is 2.27 bits per heavy atom. The number of nitrogens with two attached hydrogens (primary N) is 1. The Hall–Kier alpha value is -2.17. The highest BCUT2D eigenvalue weighted by molar-refractivity contribution is 5.98. The van der Waals surface area contributed by atoms with Gasteiger partial charge in [-0.3, -0.25) is 9.59 Å². The first kappa shape index (κ1) is 20.1. The Bertz CT molecular complexity index is 731. The van der Waals surface area contributed by atoms with Crippen molar-refractivity contribution in [2.75, 3.05) is 13.1 Å². The Morgan fingerprint density at radius 1 is 0.962 bits per heavy atom. The van der Waals surface area contributed by atoms with E-state index in [4.69, 9.17) is 5.73 Å². The Labute approximate surface area is 160 Å². The van der Waals surface area contributed by atoms with Crippen LogP contribution in [0.25, 0.3) is 11.1 Å². The number of hydrogen-bond acceptors (Lipinski definition) is 3. The zero-order valence-electron chi connectivity index (χ0n) is 14.8. The van der Waals surface area contributed by atoms with Crippen molar-refractivity contribution >= 4 is 24.1 Å². The van der Waals surface area contributed by atoms with Gasteiger partial charge in [0.2, 0.25) is 5.91 Å². The van der Waals surface area contributed by atoms with Crippen molar-refractivity contribution in [1.29, 1.82) is 0 Å². The summed E-state index contributed by atoms with van der Waals surface area (Å²) in [5.74, 6) is 0.0543. The number of rotatable bonds is 6. The summed E-state index contributed by atoms with van der Waals surface area (Å²) in [6.07, 6.45) is 2.48. The van der Waals surface area contributed by atoms with Gasteiger partial charge in [0.1, 0.15) is 0 Å². The molecule has 2 N–H and O–H groups in total. The number of likely N-dealkylation sites (tertiary alicyclic amines) is 1. The van der Waals surface area contributed by atoms with Crippen molar-refractivity contribution < 1.29 is 9.59 Å². The fraction of sp³-hybridized carbons (Fsp3) is 0.333. The lowest BCUT2D eigenvalue weighted by Crippen LogP contribution is -2.39. The maximum Gasteiger partial charge on any atom is 0.223 e. The van der Waals surface area contributed by atoms with Gasteiger partial charge in [-0.05, 0) is 24.0 Å². The van der Waals surface area contributed by atoms with Crippen LogP contribution in [0.1, 0.15) is 36.0 Å². The highest BCUT2D eigenvalue weighted by atomic mass is 35.5. The zero-order valence-corrected chi connectivity index (χ0v) is 15.6. The Morgan fingerprint density at radius 2 is 1.62 bits per heavy atom. The van der Waals surface area contributed by atoms with Crippen LogP contribution in [0.15, 0.2) is 54.6 Å². The van der Waals surface area contributed by atoms with Gasteiger partial charge in [-0.25, -0.2) is 0 Å². The second-order valence-electron chi connectivity index (χ2n) is 6.49. The standard InChI is InChI=1S/C21H24N2O2.ClH/c22-15-19-7-4-14-23(19)21(25)13-12-20(24)18-10-8-17(9-11-18)16-5-2-1-3-6-16;/h1-3,5-6,8-11,19H,4,7,12-15,22H2;1H. The molecule has 1 fully saturated rings. The Balaban J connectivity index is 0.00000243. The van der Waals surface area contributed by atoms with Crippen LogP contribution in [0.2, 0.25) is 0 Å². The second-order valence-corrected chi connectivity index (χ2v) is 6.49. The van der Waals surface area contributed by atoms with E-state index >= 15 is 0 Å². The monoisotopic (exact) mass is 372 g/mol. The van der Waals surface area contributed by atoms with Crippen molar-refractivity contribution in [3.05, 3.63) is 60.2 Å². The quantitative estimate of drug-likeness (QED) is 0.786. The first-order valence-corrected chi connectivity index (χ1v) is 8.87. The number of benzene rings is 2. The van der Waals surface area contributed by atoms with Crippen molar-refractivity contribution in [1.82, 2.24) is 4.90 Å². The van der Waals surface area contributed by atoms with Crippen LogP contribution in [0, 0.1) is 0 Å². The van der Waals surface area contributed by atoms with E-state index < -0.39 is 0 Å². The minimum absolute atomic E-state index is 0. The molecule has 1 aliphatic rings. The first-order chi connectivity index (χ1) is 12.2. The lowest BCUT2D eigenvalue weighted by Gasteiger charge is -2.23. The SMILES string of the molecule is Cl.NCC1CCCN1C(=O)CCC(=O)c1ccc(-c2ccccc2)cc1. The summed E-state index contributed by atoms with van der Waals surface area (Å²) in [5.41, 5.74) is 8.57. The summed E-state index contributed by atoms with van der Waals surface area (Å²) in [4.78, 5) is 26.5. The third kappa shape index (κ3) is 4.71. The average molecular weight is 373 g/mol. The lowest BCUT2D eigenvalue weighted by molar-refractivity contribution is -0.131. The van der Waals surface area contributed by atoms with E-state index in [-0.39, 0.29) is 43.0 Å². The molecule has 1 heterocycles. The second kappa shape index (κ2) is 9.51. The van der Waals surface area contributed by atoms with Crippen LogP contribution < -0.4 is 5.73 Å². The highest BCUT2D eigenvalue weighted by Crippen LogP contribution is 2.21. The van der Waals surface area contributed by atoms with E-state index in [1.54, 1.807) is 0 Å². The van der Waals surface area contributed by atoms with Crippen molar-refractivity contribution in [3.8, 4) is 11.1 Å². The third-order valence-electron chi connectivity index (χ3n) is 4.85. The topological polar surface area (TPSA) is 63.4 Å². The van der Waals surface area contributed by atoms with Gasteiger partial charge in [-0.15, -0.1) is 12.4 Å². The molecular formula is C21H25ClN2O2. The van der Waals surface area contributed by atoms with Gasteiger partial charge in [-0.2, -0.15) is 0 Å². The van der Waals surface area contributed by atoms with E-state index in [1.807, 2.05) is 59.5 Å². The van der Waals surface area contributed by atoms with Crippen LogP contribution in [0.5, 0.6) is 0 Å². The van der Waals surface area contributed by atoms with E-state index in [9.17, 15) is 9.59 Å². The summed E-state index contributed by atoms with van der Waals surface area (Å²) < 4.78 is 0. The molecule has 1 aliphatic heterocycles. The number of hydrogen-bond donors (Lipinski definition) is 1. The molecule has 0 aromatic heterocycles. The molecule has 0 saturated carbocycles. The lowest BCUT2D eigenvalue weighted by atomic mass is 10.0. The number of Topliss-reactive ketones (excluding diaryl/α,β-unsaturated/α-hetero) is 1. The summed E-state index contributed by atoms with van der Waals surface area (Å²) in [5, 5.41) is 0. The zero-order chi connectivity index (χ0) is 17.6. The number of carbonyl (C=O) groups excluding carboxylic acids is 2. The van der Waals surface area contributed by atoms with Crippen molar-refractivity contribution in [2.45, 2.75) is 31.7 Å². The molecule has 0 spiro atoms. The van der Waals surface area contributed by atoms with Gasteiger partial charge in [0, 0.05) is 37.5 Å². The van der Waals surface area contributed by atoms with Crippen molar-refractivity contribution in [3.63, 3.8) is 0 Å². The van der Waals surface area contributed by atoms with Gasteiger partial charge in [0.05, 0.1) is 0 Å². The maximum absolute atomic E-state index is 12.4. The number of ketones is 1. The van der Waals surface area contributed by atoms with Crippen LogP contribution in [-0.2, 0) is 4.79 Å². The maximum atomic E-state index is 12.4. The first-order valence-electron chi connectivity index (χ1n) is 8.87. The van der Waals surface area contributed by atoms with Gasteiger partial charge >= 0.3 is 0 Å². The van der Waals surface area contributed by atoms with E-state index in [1.165, 1.54) is 0 Å². The van der Waals surface area contributed by atoms with Crippen molar-refractivity contribution in [2.24, 2.45) is 5.73 Å². The third-order valence-corrected chi connectivity index (χ3v) is 4.85. The molecule has 4 nitrogen and oxygen atoms in total. The van der Waals surface area contributed by atoms with Crippen LogP contribution in [0.3, 0.4) is 0 Å². The molecule has 5 heteroatoms. The van der Waals surface area contributed by atoms with Crippen LogP contribution in [0.4, 0.5) is 0 Å². The number of nitrogens with zero attached hydrogens (tertiary/aromatic N) is 1. The number of halogens is 1. The molecule has 0 radical (unpaired) electrons. The predicted octanol–water partition coefficient (Wildman–Crippen LogP) is 3.69. The van der Waals surface area contributed by atoms with Gasteiger partial charge in [-0.1, -0.05) is 54.6 Å². The number of amides is 1. The van der Waals surface area contributed by atoms with Crippen LogP contribution in [-0.4, -0.2) is 35.7 Å². The molecule has 3 rings (SSSR count). The van der Waals surface area contributed by atoms with E-state index in [2.05, 4.69) is 0 Å². The predicted molar refractivity (Wildman–Crippen MR) is 106 cm³/mol. The minimum atomic E-state index is 0. The van der Waals surface area contributed by atoms with Gasteiger partial charge < -0.3 is 10.6 Å². The average Bonchev–Trinajstić information content (AvgIpc) is 3.15. The normalized spacial score (nSPS) is 16.2. The number of carbonyl (C=O) groups is 2. The van der Waals surface area contributed by atoms with E-state index in [0.717, 1.165) is 30.5 Å². The Kier molecular flexibility index (Phi) is 7.37. The summed E-state index contributed by atoms with van der Waals surface area (Å²) in [6, 6.07) is 17.8. The molecule has 2 aromatic carbocycles. The molecule has 26 heavy (non-hydrogen) atoms. The molecular weight excluding hydrogens is 348 g/mol. The smallest absolute Gasteiger partial charge is 0.223 e. The fourth-order valence-electron chi connectivity index (χ4n) is 3.40. The fourth-order valence-corrected chi connectivity index (χ4v) is 3.40. The van der Waals surface area contributed by atoms with Gasteiger partial charge in [0.15, 0.2) is 5.78 Å². The van der Waals surface area contributed by atoms with Gasteiger partial charge in [0.25, 0.3) is 0 Å². The van der Waals surface area contributed by atoms with Crippen LogP contribution >= 0.6 is 12.4 Å². The molecule has 0 bridgehead atoms. The summed E-state index contributed by atoms with van der Waals surface area (Å²) in [6.45, 7) is 1.27. The molecule has 1 amide bonds.